The van der Waals surface area contributed by atoms with Crippen LogP contribution in [0.15, 0.2) is 53.5 Å². The number of hydrogen-bond acceptors (Lipinski definition) is 6. The van der Waals surface area contributed by atoms with Gasteiger partial charge in [-0.25, -0.2) is 0 Å². The molecule has 32 heavy (non-hydrogen) atoms. The Hall–Kier alpha value is -2.87. The van der Waals surface area contributed by atoms with Gasteiger partial charge in [0.1, 0.15) is 17.6 Å². The molecular formula is C23H18Cl2N2O4S. The highest BCUT2D eigenvalue weighted by Gasteiger charge is 2.47. The summed E-state index contributed by atoms with van der Waals surface area (Å²) in [5.74, 6) is -1.76. The lowest BCUT2D eigenvalue weighted by molar-refractivity contribution is -0.140. The van der Waals surface area contributed by atoms with Gasteiger partial charge < -0.3 is 14.7 Å². The van der Waals surface area contributed by atoms with Gasteiger partial charge in [0.2, 0.25) is 0 Å². The van der Waals surface area contributed by atoms with Gasteiger partial charge in [-0.1, -0.05) is 29.3 Å². The Kier molecular flexibility index (Phi) is 6.24. The van der Waals surface area contributed by atoms with Crippen molar-refractivity contribution in [1.82, 2.24) is 9.88 Å². The molecule has 3 aromatic rings. The SMILES string of the molecule is COc1c(Cl)cc(Cl)cc1/C(O)=C1\C(=O)C(=O)N(Cc2ccccn2)C1c1sccc1C. The van der Waals surface area contributed by atoms with Gasteiger partial charge in [0.25, 0.3) is 11.7 Å². The van der Waals surface area contributed by atoms with Crippen molar-refractivity contribution >= 4 is 52.0 Å². The summed E-state index contributed by atoms with van der Waals surface area (Å²) < 4.78 is 5.34. The number of halogens is 2. The third-order valence-electron chi connectivity index (χ3n) is 5.22. The van der Waals surface area contributed by atoms with Crippen molar-refractivity contribution in [3.63, 3.8) is 0 Å². The molecule has 0 spiro atoms. The minimum Gasteiger partial charge on any atom is -0.507 e. The zero-order chi connectivity index (χ0) is 23.0. The van der Waals surface area contributed by atoms with E-state index >= 15 is 0 Å². The number of methoxy groups -OCH3 is 1. The summed E-state index contributed by atoms with van der Waals surface area (Å²) in [6.07, 6.45) is 1.62. The Labute approximate surface area is 198 Å². The van der Waals surface area contributed by atoms with Crippen LogP contribution in [0.4, 0.5) is 0 Å². The molecule has 3 heterocycles. The molecule has 1 aliphatic rings. The van der Waals surface area contributed by atoms with Gasteiger partial charge in [-0.15, -0.1) is 11.3 Å². The number of ether oxygens (including phenoxy) is 1. The molecule has 0 aliphatic carbocycles. The van der Waals surface area contributed by atoms with Crippen LogP contribution in [-0.2, 0) is 16.1 Å². The van der Waals surface area contributed by atoms with E-state index in [1.54, 1.807) is 18.3 Å². The number of likely N-dealkylation sites (tertiary alicyclic amines) is 1. The number of Topliss-reactive ketones (excluding diaryl/α,β-unsaturated/α-hetero) is 1. The number of nitrogens with zero attached hydrogens (tertiary/aromatic N) is 2. The molecule has 1 saturated heterocycles. The summed E-state index contributed by atoms with van der Waals surface area (Å²) in [7, 11) is 1.40. The minimum absolute atomic E-state index is 0.0480. The summed E-state index contributed by atoms with van der Waals surface area (Å²) in [5.41, 5.74) is 1.61. The number of pyridine rings is 1. The van der Waals surface area contributed by atoms with Gasteiger partial charge in [-0.3, -0.25) is 14.6 Å². The molecule has 1 aliphatic heterocycles. The quantitative estimate of drug-likeness (QED) is 0.295. The van der Waals surface area contributed by atoms with Gasteiger partial charge in [-0.2, -0.15) is 0 Å². The van der Waals surface area contributed by atoms with Crippen LogP contribution in [0.1, 0.15) is 27.7 Å². The van der Waals surface area contributed by atoms with E-state index in [2.05, 4.69) is 4.98 Å². The maximum absolute atomic E-state index is 13.2. The van der Waals surface area contributed by atoms with Crippen molar-refractivity contribution in [2.24, 2.45) is 0 Å². The lowest BCUT2D eigenvalue weighted by atomic mass is 9.98. The van der Waals surface area contributed by atoms with Crippen LogP contribution in [0.3, 0.4) is 0 Å². The zero-order valence-corrected chi connectivity index (χ0v) is 19.5. The van der Waals surface area contributed by atoms with Crippen LogP contribution in [0, 0.1) is 6.92 Å². The molecule has 4 rings (SSSR count). The molecule has 9 heteroatoms. The van der Waals surface area contributed by atoms with Crippen molar-refractivity contribution in [2.45, 2.75) is 19.5 Å². The number of hydrogen-bond donors (Lipinski definition) is 1. The highest BCUT2D eigenvalue weighted by atomic mass is 35.5. The monoisotopic (exact) mass is 488 g/mol. The van der Waals surface area contributed by atoms with E-state index in [0.717, 1.165) is 10.4 Å². The second-order valence-corrected chi connectivity index (χ2v) is 8.98. The molecule has 1 unspecified atom stereocenters. The van der Waals surface area contributed by atoms with Crippen molar-refractivity contribution in [1.29, 1.82) is 0 Å². The fourth-order valence-electron chi connectivity index (χ4n) is 3.74. The number of aromatic nitrogens is 1. The van der Waals surface area contributed by atoms with Gasteiger partial charge in [-0.05, 0) is 48.2 Å². The Balaban J connectivity index is 1.93. The normalized spacial score (nSPS) is 17.8. The average Bonchev–Trinajstić information content (AvgIpc) is 3.29. The van der Waals surface area contributed by atoms with E-state index in [-0.39, 0.29) is 33.5 Å². The summed E-state index contributed by atoms with van der Waals surface area (Å²) in [6.45, 7) is 2.00. The number of benzene rings is 1. The van der Waals surface area contributed by atoms with Crippen LogP contribution in [0.25, 0.3) is 5.76 Å². The van der Waals surface area contributed by atoms with Crippen LogP contribution >= 0.6 is 34.5 Å². The number of carbonyl (C=O) groups excluding carboxylic acids is 2. The first-order valence-corrected chi connectivity index (χ1v) is 11.2. The minimum atomic E-state index is -0.797. The first-order valence-electron chi connectivity index (χ1n) is 9.59. The third-order valence-corrected chi connectivity index (χ3v) is 6.79. The van der Waals surface area contributed by atoms with E-state index in [4.69, 9.17) is 27.9 Å². The van der Waals surface area contributed by atoms with E-state index in [1.807, 2.05) is 24.4 Å². The van der Waals surface area contributed by atoms with Gasteiger partial charge in [0.15, 0.2) is 0 Å². The molecule has 1 fully saturated rings. The van der Waals surface area contributed by atoms with E-state index in [9.17, 15) is 14.7 Å². The smallest absolute Gasteiger partial charge is 0.296 e. The molecule has 1 atom stereocenters. The van der Waals surface area contributed by atoms with Crippen molar-refractivity contribution < 1.29 is 19.4 Å². The number of ketones is 1. The van der Waals surface area contributed by atoms with E-state index < -0.39 is 23.5 Å². The van der Waals surface area contributed by atoms with Crippen LogP contribution in [0.2, 0.25) is 10.0 Å². The number of rotatable bonds is 5. The number of aliphatic hydroxyl groups excluding tert-OH is 1. The third kappa shape index (κ3) is 3.88. The van der Waals surface area contributed by atoms with E-state index in [1.165, 1.54) is 35.5 Å². The number of thiophene rings is 1. The molecule has 1 aromatic carbocycles. The van der Waals surface area contributed by atoms with Crippen molar-refractivity contribution in [2.75, 3.05) is 7.11 Å². The summed E-state index contributed by atoms with van der Waals surface area (Å²) in [5, 5.41) is 13.6. The van der Waals surface area contributed by atoms with Crippen molar-refractivity contribution in [3.8, 4) is 5.75 Å². The number of aliphatic hydroxyl groups is 1. The van der Waals surface area contributed by atoms with Gasteiger partial charge in [0, 0.05) is 16.1 Å². The molecule has 1 N–H and O–H groups in total. The standard InChI is InChI=1S/C23H18Cl2N2O4S/c1-12-6-8-32-22(12)18-17(19(28)15-9-13(24)10-16(25)21(15)31-2)20(29)23(30)27(18)11-14-5-3-4-7-26-14/h3-10,18,28H,11H2,1-2H3/b19-17+. The summed E-state index contributed by atoms with van der Waals surface area (Å²) in [4.78, 5) is 32.7. The van der Waals surface area contributed by atoms with Crippen LogP contribution < -0.4 is 4.74 Å². The predicted molar refractivity (Wildman–Crippen MR) is 124 cm³/mol. The van der Waals surface area contributed by atoms with Crippen molar-refractivity contribution in [3.05, 3.63) is 85.3 Å². The van der Waals surface area contributed by atoms with Gasteiger partial charge in [0.05, 0.1) is 35.5 Å². The highest BCUT2D eigenvalue weighted by Crippen LogP contribution is 2.45. The Morgan fingerprint density at radius 2 is 2.03 bits per heavy atom. The molecule has 164 valence electrons. The Morgan fingerprint density at radius 1 is 1.25 bits per heavy atom. The second kappa shape index (κ2) is 8.94. The first kappa shape index (κ1) is 22.3. The average molecular weight is 489 g/mol. The van der Waals surface area contributed by atoms with Crippen LogP contribution in [0.5, 0.6) is 5.75 Å². The van der Waals surface area contributed by atoms with Gasteiger partial charge >= 0.3 is 0 Å². The molecule has 0 radical (unpaired) electrons. The van der Waals surface area contributed by atoms with Crippen LogP contribution in [-0.4, -0.2) is 33.8 Å². The Morgan fingerprint density at radius 3 is 2.66 bits per heavy atom. The largest absolute Gasteiger partial charge is 0.507 e. The Bertz CT molecular complexity index is 1240. The maximum atomic E-state index is 13.2. The summed E-state index contributed by atoms with van der Waals surface area (Å²) in [6, 6.07) is 9.39. The molecule has 6 nitrogen and oxygen atoms in total. The maximum Gasteiger partial charge on any atom is 0.296 e. The topological polar surface area (TPSA) is 79.7 Å². The lowest BCUT2D eigenvalue weighted by Gasteiger charge is -2.24. The van der Waals surface area contributed by atoms with E-state index in [0.29, 0.717) is 5.69 Å². The molecule has 0 bridgehead atoms. The lowest BCUT2D eigenvalue weighted by Crippen LogP contribution is -2.29. The first-order chi connectivity index (χ1) is 15.3. The second-order valence-electron chi connectivity index (χ2n) is 7.18. The molecule has 0 saturated carbocycles. The predicted octanol–water partition coefficient (Wildman–Crippen LogP) is 5.39. The highest BCUT2D eigenvalue weighted by molar-refractivity contribution is 7.10. The zero-order valence-electron chi connectivity index (χ0n) is 17.1. The number of aryl methyl sites for hydroxylation is 1. The molecule has 1 amide bonds. The summed E-state index contributed by atoms with van der Waals surface area (Å²) >= 11 is 13.8. The fraction of sp³-hybridized carbons (Fsp3) is 0.174. The molecule has 2 aromatic heterocycles. The number of amides is 1. The fourth-order valence-corrected chi connectivity index (χ4v) is 5.35. The molecular weight excluding hydrogens is 471 g/mol. The number of carbonyl (C=O) groups is 2.